The molecule has 0 aromatic rings. The molecule has 2 N–H and O–H groups in total. The molecule has 0 saturated carbocycles. The molecule has 2 fully saturated rings. The van der Waals surface area contributed by atoms with Gasteiger partial charge in [-0.1, -0.05) is 0 Å². The summed E-state index contributed by atoms with van der Waals surface area (Å²) in [5.41, 5.74) is 0. The fourth-order valence-electron chi connectivity index (χ4n) is 2.86. The summed E-state index contributed by atoms with van der Waals surface area (Å²) in [7, 11) is 0. The summed E-state index contributed by atoms with van der Waals surface area (Å²) in [6, 6.07) is 0.397. The third-order valence-corrected chi connectivity index (χ3v) is 3.94. The molecule has 0 spiro atoms. The fraction of sp³-hybridized carbons (Fsp3) is 0.923. The maximum atomic E-state index is 12.2. The highest BCUT2D eigenvalue weighted by Gasteiger charge is 2.23. The van der Waals surface area contributed by atoms with Gasteiger partial charge in [-0.25, -0.2) is 0 Å². The Bertz CT molecular complexity index is 267. The molecule has 0 bridgehead atoms. The van der Waals surface area contributed by atoms with E-state index in [1.165, 1.54) is 6.42 Å². The molecule has 0 radical (unpaired) electrons. The number of nitrogens with one attached hydrogen (secondary N) is 1. The van der Waals surface area contributed by atoms with Crippen LogP contribution in [0.15, 0.2) is 0 Å². The molecule has 0 aliphatic carbocycles. The molecule has 2 heterocycles. The van der Waals surface area contributed by atoms with E-state index in [-0.39, 0.29) is 6.61 Å². The van der Waals surface area contributed by atoms with Crippen molar-refractivity contribution in [2.24, 2.45) is 0 Å². The van der Waals surface area contributed by atoms with Crippen molar-refractivity contribution < 1.29 is 9.90 Å². The molecule has 2 aliphatic heterocycles. The Morgan fingerprint density at radius 2 is 2.11 bits per heavy atom. The number of aliphatic hydroxyl groups excluding tert-OH is 1. The van der Waals surface area contributed by atoms with Crippen LogP contribution in [0.2, 0.25) is 0 Å². The Morgan fingerprint density at radius 3 is 2.83 bits per heavy atom. The van der Waals surface area contributed by atoms with Gasteiger partial charge in [-0.2, -0.15) is 0 Å². The SMILES string of the molecule is O=C(CC1CCCN1)N1CCCN(CCO)CC1. The van der Waals surface area contributed by atoms with Crippen LogP contribution < -0.4 is 5.32 Å². The Morgan fingerprint density at radius 1 is 1.22 bits per heavy atom. The van der Waals surface area contributed by atoms with Gasteiger partial charge in [0.2, 0.25) is 5.91 Å². The third kappa shape index (κ3) is 3.93. The minimum Gasteiger partial charge on any atom is -0.395 e. The van der Waals surface area contributed by atoms with Crippen LogP contribution in [0.5, 0.6) is 0 Å². The van der Waals surface area contributed by atoms with Gasteiger partial charge in [0.05, 0.1) is 6.61 Å². The first-order chi connectivity index (χ1) is 8.79. The molecule has 104 valence electrons. The average Bonchev–Trinajstić information content (AvgIpc) is 2.74. The molecule has 2 saturated heterocycles. The maximum Gasteiger partial charge on any atom is 0.224 e. The molecular formula is C13H25N3O2. The van der Waals surface area contributed by atoms with E-state index in [4.69, 9.17) is 5.11 Å². The van der Waals surface area contributed by atoms with Gasteiger partial charge in [-0.05, 0) is 32.4 Å². The lowest BCUT2D eigenvalue weighted by Gasteiger charge is -2.23. The number of nitrogens with zero attached hydrogens (tertiary/aromatic N) is 2. The zero-order valence-electron chi connectivity index (χ0n) is 11.1. The summed E-state index contributed by atoms with van der Waals surface area (Å²) in [6.45, 7) is 5.56. The summed E-state index contributed by atoms with van der Waals surface area (Å²) in [5.74, 6) is 0.292. The molecule has 1 atom stereocenters. The van der Waals surface area contributed by atoms with Crippen LogP contribution >= 0.6 is 0 Å². The molecule has 1 unspecified atom stereocenters. The van der Waals surface area contributed by atoms with Crippen LogP contribution in [0.25, 0.3) is 0 Å². The Kier molecular flexibility index (Phi) is 5.41. The second-order valence-corrected chi connectivity index (χ2v) is 5.30. The zero-order chi connectivity index (χ0) is 12.8. The van der Waals surface area contributed by atoms with Crippen LogP contribution in [0.3, 0.4) is 0 Å². The predicted octanol–water partition coefficient (Wildman–Crippen LogP) is -0.345. The normalized spacial score (nSPS) is 26.3. The average molecular weight is 255 g/mol. The number of carbonyl (C=O) groups is 1. The van der Waals surface area contributed by atoms with Crippen molar-refractivity contribution in [2.45, 2.75) is 31.7 Å². The molecule has 5 heteroatoms. The molecule has 18 heavy (non-hydrogen) atoms. The van der Waals surface area contributed by atoms with Crippen LogP contribution in [0.4, 0.5) is 0 Å². The van der Waals surface area contributed by atoms with Gasteiger partial charge in [0.1, 0.15) is 0 Å². The minimum atomic E-state index is 0.208. The molecule has 5 nitrogen and oxygen atoms in total. The number of hydrogen-bond acceptors (Lipinski definition) is 4. The summed E-state index contributed by atoms with van der Waals surface area (Å²) in [4.78, 5) is 16.4. The lowest BCUT2D eigenvalue weighted by atomic mass is 10.1. The summed E-state index contributed by atoms with van der Waals surface area (Å²) < 4.78 is 0. The van der Waals surface area contributed by atoms with Crippen molar-refractivity contribution in [3.8, 4) is 0 Å². The lowest BCUT2D eigenvalue weighted by Crippen LogP contribution is -2.38. The Hall–Kier alpha value is -0.650. The van der Waals surface area contributed by atoms with E-state index in [0.717, 1.165) is 52.1 Å². The van der Waals surface area contributed by atoms with Crippen molar-refractivity contribution in [1.29, 1.82) is 0 Å². The van der Waals surface area contributed by atoms with E-state index < -0.39 is 0 Å². The van der Waals surface area contributed by atoms with E-state index in [1.54, 1.807) is 0 Å². The first kappa shape index (κ1) is 13.8. The number of carbonyl (C=O) groups excluding carboxylic acids is 1. The molecule has 0 aromatic heterocycles. The van der Waals surface area contributed by atoms with E-state index in [9.17, 15) is 4.79 Å². The van der Waals surface area contributed by atoms with Crippen molar-refractivity contribution in [3.05, 3.63) is 0 Å². The monoisotopic (exact) mass is 255 g/mol. The summed E-state index contributed by atoms with van der Waals surface area (Å²) in [6.07, 6.45) is 4.00. The van der Waals surface area contributed by atoms with E-state index in [0.29, 0.717) is 18.4 Å². The van der Waals surface area contributed by atoms with Crippen molar-refractivity contribution in [2.75, 3.05) is 45.9 Å². The van der Waals surface area contributed by atoms with Gasteiger partial charge < -0.3 is 15.3 Å². The molecule has 2 aliphatic rings. The quantitative estimate of drug-likeness (QED) is 0.721. The predicted molar refractivity (Wildman–Crippen MR) is 70.4 cm³/mol. The Balaban J connectivity index is 1.76. The lowest BCUT2D eigenvalue weighted by molar-refractivity contribution is -0.131. The minimum absolute atomic E-state index is 0.208. The number of β-amino-alcohol motifs (C(OH)–C–C–N with tert-alkyl or cyclic N) is 1. The molecular weight excluding hydrogens is 230 g/mol. The molecule has 1 amide bonds. The largest absolute Gasteiger partial charge is 0.395 e. The standard InChI is InChI=1S/C13H25N3O2/c17-10-9-15-5-2-6-16(8-7-15)13(18)11-12-3-1-4-14-12/h12,14,17H,1-11H2. The second kappa shape index (κ2) is 7.07. The van der Waals surface area contributed by atoms with E-state index in [2.05, 4.69) is 10.2 Å². The van der Waals surface area contributed by atoms with Crippen LogP contribution in [-0.2, 0) is 4.79 Å². The van der Waals surface area contributed by atoms with Crippen molar-refractivity contribution in [1.82, 2.24) is 15.1 Å². The molecule has 0 aromatic carbocycles. The first-order valence-corrected chi connectivity index (χ1v) is 7.14. The van der Waals surface area contributed by atoms with Gasteiger partial charge in [-0.3, -0.25) is 9.69 Å². The summed E-state index contributed by atoms with van der Waals surface area (Å²) in [5, 5.41) is 12.3. The van der Waals surface area contributed by atoms with Gasteiger partial charge in [-0.15, -0.1) is 0 Å². The highest BCUT2D eigenvalue weighted by Crippen LogP contribution is 2.12. The smallest absolute Gasteiger partial charge is 0.224 e. The van der Waals surface area contributed by atoms with Gasteiger partial charge in [0.25, 0.3) is 0 Å². The third-order valence-electron chi connectivity index (χ3n) is 3.94. The van der Waals surface area contributed by atoms with Crippen LogP contribution in [0, 0.1) is 0 Å². The van der Waals surface area contributed by atoms with E-state index >= 15 is 0 Å². The van der Waals surface area contributed by atoms with Crippen molar-refractivity contribution in [3.63, 3.8) is 0 Å². The second-order valence-electron chi connectivity index (χ2n) is 5.30. The highest BCUT2D eigenvalue weighted by molar-refractivity contribution is 5.76. The number of amides is 1. The zero-order valence-corrected chi connectivity index (χ0v) is 11.1. The van der Waals surface area contributed by atoms with Gasteiger partial charge >= 0.3 is 0 Å². The van der Waals surface area contributed by atoms with Gasteiger partial charge in [0, 0.05) is 38.6 Å². The molecule has 2 rings (SSSR count). The number of rotatable bonds is 4. The van der Waals surface area contributed by atoms with E-state index in [1.807, 2.05) is 4.90 Å². The highest BCUT2D eigenvalue weighted by atomic mass is 16.3. The topological polar surface area (TPSA) is 55.8 Å². The maximum absolute atomic E-state index is 12.2. The number of aliphatic hydroxyl groups is 1. The fourth-order valence-corrected chi connectivity index (χ4v) is 2.86. The number of hydrogen-bond donors (Lipinski definition) is 2. The van der Waals surface area contributed by atoms with Crippen molar-refractivity contribution >= 4 is 5.91 Å². The van der Waals surface area contributed by atoms with Crippen LogP contribution in [0.1, 0.15) is 25.7 Å². The Labute approximate surface area is 109 Å². The van der Waals surface area contributed by atoms with Crippen LogP contribution in [-0.4, -0.2) is 72.7 Å². The van der Waals surface area contributed by atoms with Gasteiger partial charge in [0.15, 0.2) is 0 Å². The first-order valence-electron chi connectivity index (χ1n) is 7.14. The summed E-state index contributed by atoms with van der Waals surface area (Å²) >= 11 is 0.